The topological polar surface area (TPSA) is 76.9 Å². The van der Waals surface area contributed by atoms with Crippen molar-refractivity contribution in [3.05, 3.63) is 63.0 Å². The Morgan fingerprint density at radius 1 is 1.27 bits per heavy atom. The molecule has 22 heavy (non-hydrogen) atoms. The van der Waals surface area contributed by atoms with Crippen molar-refractivity contribution in [1.82, 2.24) is 14.5 Å². The van der Waals surface area contributed by atoms with Crippen LogP contribution in [0.5, 0.6) is 0 Å². The maximum atomic E-state index is 12.3. The molecular formula is C15H11IN4O2. The zero-order valence-electron chi connectivity index (χ0n) is 11.4. The number of nitrogens with one attached hydrogen (secondary N) is 1. The van der Waals surface area contributed by atoms with Crippen molar-refractivity contribution in [2.45, 2.75) is 6.54 Å². The number of para-hydroxylation sites is 1. The van der Waals surface area contributed by atoms with Crippen LogP contribution >= 0.6 is 22.6 Å². The maximum absolute atomic E-state index is 12.3. The number of fused-ring (bicyclic) bond motifs is 1. The molecule has 0 atom stereocenters. The van der Waals surface area contributed by atoms with Gasteiger partial charge in [-0.3, -0.25) is 19.1 Å². The van der Waals surface area contributed by atoms with Crippen molar-refractivity contribution in [3.63, 3.8) is 0 Å². The Kier molecular flexibility index (Phi) is 4.14. The molecule has 1 aromatic carbocycles. The molecule has 3 aromatic rings. The number of aromatic nitrogens is 3. The number of pyridine rings is 1. The van der Waals surface area contributed by atoms with E-state index in [1.165, 1.54) is 10.9 Å². The third-order valence-corrected chi connectivity index (χ3v) is 3.95. The third-order valence-electron chi connectivity index (χ3n) is 3.09. The van der Waals surface area contributed by atoms with Crippen LogP contribution in [0, 0.1) is 3.57 Å². The highest BCUT2D eigenvalue weighted by molar-refractivity contribution is 14.1. The van der Waals surface area contributed by atoms with Gasteiger partial charge in [0.15, 0.2) is 0 Å². The second kappa shape index (κ2) is 6.22. The van der Waals surface area contributed by atoms with Crippen LogP contribution in [0.2, 0.25) is 0 Å². The van der Waals surface area contributed by atoms with E-state index in [4.69, 9.17) is 0 Å². The fraction of sp³-hybridized carbons (Fsp3) is 0.0667. The first-order valence-corrected chi connectivity index (χ1v) is 7.56. The second-order valence-electron chi connectivity index (χ2n) is 4.60. The molecule has 6 nitrogen and oxygen atoms in total. The van der Waals surface area contributed by atoms with Crippen molar-refractivity contribution in [1.29, 1.82) is 0 Å². The lowest BCUT2D eigenvalue weighted by atomic mass is 10.2. The van der Waals surface area contributed by atoms with Crippen molar-refractivity contribution in [2.75, 3.05) is 5.32 Å². The number of amides is 1. The number of carbonyl (C=O) groups is 1. The predicted molar refractivity (Wildman–Crippen MR) is 91.6 cm³/mol. The third kappa shape index (κ3) is 2.98. The molecule has 110 valence electrons. The summed E-state index contributed by atoms with van der Waals surface area (Å²) in [7, 11) is 0. The molecule has 2 aromatic heterocycles. The van der Waals surface area contributed by atoms with Gasteiger partial charge in [-0.25, -0.2) is 4.98 Å². The molecule has 1 N–H and O–H groups in total. The summed E-state index contributed by atoms with van der Waals surface area (Å²) in [4.78, 5) is 32.6. The van der Waals surface area contributed by atoms with Crippen LogP contribution in [0.25, 0.3) is 10.9 Å². The SMILES string of the molecule is O=C(Cn1cnc2ccccc2c1=O)Nc1ccncc1I. The normalized spacial score (nSPS) is 10.6. The lowest BCUT2D eigenvalue weighted by Gasteiger charge is -2.09. The predicted octanol–water partition coefficient (Wildman–Crippen LogP) is 2.03. The minimum absolute atomic E-state index is 0.0882. The minimum Gasteiger partial charge on any atom is -0.323 e. The largest absolute Gasteiger partial charge is 0.323 e. The molecule has 2 heterocycles. The maximum Gasteiger partial charge on any atom is 0.261 e. The van der Waals surface area contributed by atoms with E-state index in [9.17, 15) is 9.59 Å². The Morgan fingerprint density at radius 2 is 2.09 bits per heavy atom. The number of rotatable bonds is 3. The zero-order chi connectivity index (χ0) is 15.5. The molecule has 1 amide bonds. The summed E-state index contributed by atoms with van der Waals surface area (Å²) in [5.41, 5.74) is 1.06. The average Bonchev–Trinajstić information content (AvgIpc) is 2.53. The smallest absolute Gasteiger partial charge is 0.261 e. The quantitative estimate of drug-likeness (QED) is 0.676. The highest BCUT2D eigenvalue weighted by Gasteiger charge is 2.09. The Morgan fingerprint density at radius 3 is 2.91 bits per heavy atom. The molecule has 0 unspecified atom stereocenters. The van der Waals surface area contributed by atoms with E-state index in [1.54, 1.807) is 36.7 Å². The monoisotopic (exact) mass is 406 g/mol. The van der Waals surface area contributed by atoms with E-state index in [1.807, 2.05) is 6.07 Å². The van der Waals surface area contributed by atoms with Gasteiger partial charge < -0.3 is 5.32 Å². The Hall–Kier alpha value is -2.29. The highest BCUT2D eigenvalue weighted by Crippen LogP contribution is 2.15. The van der Waals surface area contributed by atoms with E-state index in [0.717, 1.165) is 3.57 Å². The van der Waals surface area contributed by atoms with Crippen molar-refractivity contribution in [3.8, 4) is 0 Å². The number of benzene rings is 1. The highest BCUT2D eigenvalue weighted by atomic mass is 127. The van der Waals surface area contributed by atoms with Crippen LogP contribution in [-0.2, 0) is 11.3 Å². The van der Waals surface area contributed by atoms with Gasteiger partial charge in [0.2, 0.25) is 5.91 Å². The Balaban J connectivity index is 1.84. The number of anilines is 1. The molecule has 0 spiro atoms. The van der Waals surface area contributed by atoms with Gasteiger partial charge in [0.25, 0.3) is 5.56 Å². The van der Waals surface area contributed by atoms with Gasteiger partial charge in [-0.2, -0.15) is 0 Å². The molecule has 7 heteroatoms. The number of nitrogens with zero attached hydrogens (tertiary/aromatic N) is 3. The van der Waals surface area contributed by atoms with E-state index < -0.39 is 0 Å². The van der Waals surface area contributed by atoms with Crippen LogP contribution in [-0.4, -0.2) is 20.4 Å². The molecule has 3 rings (SSSR count). The van der Waals surface area contributed by atoms with Gasteiger partial charge >= 0.3 is 0 Å². The van der Waals surface area contributed by atoms with Crippen molar-refractivity contribution >= 4 is 45.1 Å². The van der Waals surface area contributed by atoms with Crippen molar-refractivity contribution in [2.24, 2.45) is 0 Å². The zero-order valence-corrected chi connectivity index (χ0v) is 13.5. The molecule has 0 aliphatic rings. The first-order valence-electron chi connectivity index (χ1n) is 6.49. The van der Waals surface area contributed by atoms with Gasteiger partial charge in [0.1, 0.15) is 6.54 Å². The molecule has 0 fully saturated rings. The van der Waals surface area contributed by atoms with E-state index in [-0.39, 0.29) is 18.0 Å². The van der Waals surface area contributed by atoms with Gasteiger partial charge in [-0.05, 0) is 40.8 Å². The Bertz CT molecular complexity index is 907. The summed E-state index contributed by atoms with van der Waals surface area (Å²) in [6.07, 6.45) is 4.64. The van der Waals surface area contributed by atoms with Gasteiger partial charge in [0.05, 0.1) is 26.5 Å². The van der Waals surface area contributed by atoms with Gasteiger partial charge in [0, 0.05) is 12.4 Å². The fourth-order valence-electron chi connectivity index (χ4n) is 2.04. The van der Waals surface area contributed by atoms with E-state index in [0.29, 0.717) is 16.6 Å². The summed E-state index contributed by atoms with van der Waals surface area (Å²) < 4.78 is 2.13. The average molecular weight is 406 g/mol. The standard InChI is InChI=1S/C15H11IN4O2/c16-11-7-17-6-5-13(11)19-14(21)8-20-9-18-12-4-2-1-3-10(12)15(20)22/h1-7,9H,8H2,(H,17,19,21). The number of hydrogen-bond donors (Lipinski definition) is 1. The Labute approximate surface area is 139 Å². The molecule has 0 saturated heterocycles. The fourth-order valence-corrected chi connectivity index (χ4v) is 2.52. The second-order valence-corrected chi connectivity index (χ2v) is 5.76. The molecule has 0 bridgehead atoms. The summed E-state index contributed by atoms with van der Waals surface area (Å²) in [6.45, 7) is -0.0882. The summed E-state index contributed by atoms with van der Waals surface area (Å²) in [5.74, 6) is -0.289. The van der Waals surface area contributed by atoms with Crippen LogP contribution in [0.4, 0.5) is 5.69 Å². The first-order chi connectivity index (χ1) is 10.6. The summed E-state index contributed by atoms with van der Waals surface area (Å²) in [6, 6.07) is 8.76. The molecule has 0 radical (unpaired) electrons. The number of carbonyl (C=O) groups excluding carboxylic acids is 1. The number of halogens is 1. The summed E-state index contributed by atoms with van der Waals surface area (Å²) in [5, 5.41) is 3.26. The number of hydrogen-bond acceptors (Lipinski definition) is 4. The lowest BCUT2D eigenvalue weighted by molar-refractivity contribution is -0.116. The van der Waals surface area contributed by atoms with Crippen molar-refractivity contribution < 1.29 is 4.79 Å². The van der Waals surface area contributed by atoms with E-state index >= 15 is 0 Å². The van der Waals surface area contributed by atoms with Gasteiger partial charge in [-0.15, -0.1) is 0 Å². The van der Waals surface area contributed by atoms with Gasteiger partial charge in [-0.1, -0.05) is 12.1 Å². The molecule has 0 aliphatic heterocycles. The first kappa shape index (κ1) is 14.6. The summed E-state index contributed by atoms with van der Waals surface area (Å²) >= 11 is 2.08. The minimum atomic E-state index is -0.289. The van der Waals surface area contributed by atoms with Crippen LogP contribution in [0.15, 0.2) is 53.8 Å². The lowest BCUT2D eigenvalue weighted by Crippen LogP contribution is -2.28. The van der Waals surface area contributed by atoms with Crippen LogP contribution in [0.3, 0.4) is 0 Å². The molecule has 0 saturated carbocycles. The molecular weight excluding hydrogens is 395 g/mol. The van der Waals surface area contributed by atoms with E-state index in [2.05, 4.69) is 37.9 Å². The van der Waals surface area contributed by atoms with Crippen LogP contribution in [0.1, 0.15) is 0 Å². The molecule has 0 aliphatic carbocycles. The van der Waals surface area contributed by atoms with Crippen LogP contribution < -0.4 is 10.9 Å².